The number of nitrogens with zero attached hydrogens (tertiary/aromatic N) is 3. The Kier molecular flexibility index (Phi) is 6.82. The lowest BCUT2D eigenvalue weighted by Gasteiger charge is -2.32. The first-order valence-corrected chi connectivity index (χ1v) is 14.2. The summed E-state index contributed by atoms with van der Waals surface area (Å²) in [7, 11) is -3.66. The number of thiazole rings is 1. The first-order valence-electron chi connectivity index (χ1n) is 11.4. The summed E-state index contributed by atoms with van der Waals surface area (Å²) < 4.78 is 29.6. The molecule has 1 amide bonds. The lowest BCUT2D eigenvalue weighted by atomic mass is 9.89. The molecule has 35 heavy (non-hydrogen) atoms. The van der Waals surface area contributed by atoms with Crippen LogP contribution in [0.5, 0.6) is 0 Å². The summed E-state index contributed by atoms with van der Waals surface area (Å²) in [5, 5.41) is 3.83. The van der Waals surface area contributed by atoms with Crippen LogP contribution in [0.4, 0.5) is 5.13 Å². The van der Waals surface area contributed by atoms with Crippen LogP contribution in [0.25, 0.3) is 10.9 Å². The van der Waals surface area contributed by atoms with Crippen molar-refractivity contribution in [1.82, 2.24) is 14.5 Å². The van der Waals surface area contributed by atoms with Crippen molar-refractivity contribution in [3.05, 3.63) is 76.9 Å². The highest BCUT2D eigenvalue weighted by molar-refractivity contribution is 7.93. The van der Waals surface area contributed by atoms with E-state index in [2.05, 4.69) is 9.71 Å². The van der Waals surface area contributed by atoms with Crippen molar-refractivity contribution in [2.45, 2.75) is 36.6 Å². The van der Waals surface area contributed by atoms with Gasteiger partial charge in [-0.2, -0.15) is 0 Å². The maximum atomic E-state index is 12.8. The van der Waals surface area contributed by atoms with E-state index >= 15 is 0 Å². The minimum atomic E-state index is -3.66. The lowest BCUT2D eigenvalue weighted by Crippen LogP contribution is -2.38. The molecule has 0 aliphatic carbocycles. The molecule has 7 nitrogen and oxygen atoms in total. The van der Waals surface area contributed by atoms with Crippen LogP contribution in [0.3, 0.4) is 0 Å². The van der Waals surface area contributed by atoms with Gasteiger partial charge in [-0.05, 0) is 48.6 Å². The number of amides is 1. The molecule has 0 radical (unpaired) electrons. The third kappa shape index (κ3) is 5.22. The van der Waals surface area contributed by atoms with Crippen LogP contribution >= 0.6 is 22.9 Å². The van der Waals surface area contributed by atoms with E-state index in [9.17, 15) is 13.2 Å². The van der Waals surface area contributed by atoms with E-state index in [1.807, 2.05) is 52.1 Å². The van der Waals surface area contributed by atoms with Gasteiger partial charge in [0.05, 0.1) is 15.4 Å². The van der Waals surface area contributed by atoms with Gasteiger partial charge in [-0.1, -0.05) is 35.9 Å². The molecule has 4 aromatic rings. The number of aryl methyl sites for hydroxylation is 1. The van der Waals surface area contributed by atoms with Gasteiger partial charge in [0.1, 0.15) is 0 Å². The summed E-state index contributed by atoms with van der Waals surface area (Å²) in [4.78, 5) is 19.0. The molecule has 0 unspecified atom stereocenters. The summed E-state index contributed by atoms with van der Waals surface area (Å²) in [5.74, 6) is 0.446. The summed E-state index contributed by atoms with van der Waals surface area (Å²) >= 11 is 7.59. The van der Waals surface area contributed by atoms with Crippen molar-refractivity contribution in [3.8, 4) is 0 Å². The van der Waals surface area contributed by atoms with Crippen molar-refractivity contribution >= 4 is 54.9 Å². The quantitative estimate of drug-likeness (QED) is 0.350. The van der Waals surface area contributed by atoms with E-state index in [0.29, 0.717) is 42.1 Å². The maximum absolute atomic E-state index is 12.8. The minimum Gasteiger partial charge on any atom is -0.346 e. The zero-order valence-electron chi connectivity index (χ0n) is 18.9. The monoisotopic (exact) mass is 528 g/mol. The zero-order valence-corrected chi connectivity index (χ0v) is 21.3. The molecule has 1 aliphatic rings. The standard InChI is InChI=1S/C25H25ClN4O3S2/c26-22-3-1-2-20-10-15-30(24(20)22)16-11-23(31)29-13-8-19(9-14-29)18-4-6-21(7-5-18)35(32,33)28-25-27-12-17-34-25/h1-7,10,12,15,17,19H,8-9,11,13-14,16H2,(H,27,28). The zero-order chi connectivity index (χ0) is 24.4. The van der Waals surface area contributed by atoms with Crippen molar-refractivity contribution in [1.29, 1.82) is 0 Å². The second-order valence-corrected chi connectivity index (χ2v) is 11.6. The molecular weight excluding hydrogens is 504 g/mol. The van der Waals surface area contributed by atoms with E-state index < -0.39 is 10.0 Å². The van der Waals surface area contributed by atoms with Crippen LogP contribution in [0, 0.1) is 0 Å². The Labute approximate surface area is 213 Å². The second-order valence-electron chi connectivity index (χ2n) is 8.60. The van der Waals surface area contributed by atoms with Gasteiger partial charge in [0, 0.05) is 49.2 Å². The second kappa shape index (κ2) is 10.0. The number of halogens is 1. The Bertz CT molecular complexity index is 1430. The number of nitrogens with one attached hydrogen (secondary N) is 1. The van der Waals surface area contributed by atoms with Gasteiger partial charge in [0.25, 0.3) is 10.0 Å². The van der Waals surface area contributed by atoms with E-state index in [-0.39, 0.29) is 10.8 Å². The van der Waals surface area contributed by atoms with Crippen molar-refractivity contribution < 1.29 is 13.2 Å². The van der Waals surface area contributed by atoms with Crippen molar-refractivity contribution in [2.24, 2.45) is 0 Å². The molecule has 2 aromatic heterocycles. The first-order chi connectivity index (χ1) is 16.9. The molecule has 1 N–H and O–H groups in total. The number of para-hydroxylation sites is 1. The van der Waals surface area contributed by atoms with Crippen LogP contribution in [0.2, 0.25) is 5.02 Å². The van der Waals surface area contributed by atoms with E-state index in [4.69, 9.17) is 11.6 Å². The Morgan fingerprint density at radius 1 is 1.11 bits per heavy atom. The average Bonchev–Trinajstić information content (AvgIpc) is 3.53. The van der Waals surface area contributed by atoms with Gasteiger partial charge in [-0.25, -0.2) is 13.4 Å². The third-order valence-corrected chi connectivity index (χ3v) is 8.95. The third-order valence-electron chi connectivity index (χ3n) is 6.47. The molecule has 5 rings (SSSR count). The summed E-state index contributed by atoms with van der Waals surface area (Å²) in [5.41, 5.74) is 2.06. The van der Waals surface area contributed by atoms with Gasteiger partial charge in [0.15, 0.2) is 5.13 Å². The molecule has 0 atom stereocenters. The number of aromatic nitrogens is 2. The van der Waals surface area contributed by atoms with Gasteiger partial charge < -0.3 is 9.47 Å². The Hall–Kier alpha value is -2.88. The number of carbonyl (C=O) groups excluding carboxylic acids is 1. The highest BCUT2D eigenvalue weighted by Crippen LogP contribution is 2.30. The number of fused-ring (bicyclic) bond motifs is 1. The van der Waals surface area contributed by atoms with Gasteiger partial charge in [-0.15, -0.1) is 11.3 Å². The van der Waals surface area contributed by atoms with Crippen molar-refractivity contribution in [3.63, 3.8) is 0 Å². The predicted octanol–water partition coefficient (Wildman–Crippen LogP) is 5.35. The SMILES string of the molecule is O=C(CCn1ccc2cccc(Cl)c21)N1CCC(c2ccc(S(=O)(=O)Nc3nccs3)cc2)CC1. The van der Waals surface area contributed by atoms with E-state index in [1.54, 1.807) is 23.7 Å². The van der Waals surface area contributed by atoms with Crippen LogP contribution < -0.4 is 4.72 Å². The van der Waals surface area contributed by atoms with Crippen LogP contribution in [-0.2, 0) is 21.4 Å². The predicted molar refractivity (Wildman–Crippen MR) is 139 cm³/mol. The summed E-state index contributed by atoms with van der Waals surface area (Å²) in [6, 6.07) is 14.8. The summed E-state index contributed by atoms with van der Waals surface area (Å²) in [6.07, 6.45) is 5.67. The smallest absolute Gasteiger partial charge is 0.263 e. The molecule has 3 heterocycles. The summed E-state index contributed by atoms with van der Waals surface area (Å²) in [6.45, 7) is 1.99. The molecule has 10 heteroatoms. The Morgan fingerprint density at radius 2 is 1.89 bits per heavy atom. The molecule has 2 aromatic carbocycles. The normalized spacial score (nSPS) is 14.9. The number of benzene rings is 2. The lowest BCUT2D eigenvalue weighted by molar-refractivity contribution is -0.132. The number of hydrogen-bond acceptors (Lipinski definition) is 5. The molecule has 0 bridgehead atoms. The fourth-order valence-electron chi connectivity index (χ4n) is 4.60. The maximum Gasteiger partial charge on any atom is 0.263 e. The molecule has 1 aliphatic heterocycles. The number of rotatable bonds is 7. The van der Waals surface area contributed by atoms with Gasteiger partial charge >= 0.3 is 0 Å². The van der Waals surface area contributed by atoms with Gasteiger partial charge in [0.2, 0.25) is 5.91 Å². The van der Waals surface area contributed by atoms with E-state index in [1.165, 1.54) is 11.3 Å². The molecule has 1 saturated heterocycles. The number of anilines is 1. The number of piperidine rings is 1. The molecule has 1 fully saturated rings. The average molecular weight is 529 g/mol. The highest BCUT2D eigenvalue weighted by Gasteiger charge is 2.24. The van der Waals surface area contributed by atoms with Crippen LogP contribution in [0.1, 0.15) is 30.7 Å². The topological polar surface area (TPSA) is 84.3 Å². The van der Waals surface area contributed by atoms with Crippen LogP contribution in [-0.4, -0.2) is 41.9 Å². The van der Waals surface area contributed by atoms with E-state index in [0.717, 1.165) is 29.3 Å². The number of sulfonamides is 1. The first kappa shape index (κ1) is 23.8. The van der Waals surface area contributed by atoms with Crippen LogP contribution in [0.15, 0.2) is 71.2 Å². The number of likely N-dealkylation sites (tertiary alicyclic amines) is 1. The molecule has 0 spiro atoms. The molecular formula is C25H25ClN4O3S2. The minimum absolute atomic E-state index is 0.145. The Balaban J connectivity index is 1.15. The fourth-order valence-corrected chi connectivity index (χ4v) is 6.68. The number of hydrogen-bond donors (Lipinski definition) is 1. The van der Waals surface area contributed by atoms with Crippen molar-refractivity contribution in [2.75, 3.05) is 17.8 Å². The highest BCUT2D eigenvalue weighted by atomic mass is 35.5. The molecule has 0 saturated carbocycles. The molecule has 182 valence electrons. The van der Waals surface area contributed by atoms with Gasteiger partial charge in [-0.3, -0.25) is 9.52 Å². The number of carbonyl (C=O) groups is 1. The fraction of sp³-hybridized carbons (Fsp3) is 0.280. The Morgan fingerprint density at radius 3 is 2.60 bits per heavy atom. The largest absolute Gasteiger partial charge is 0.346 e.